The molecule has 7 heteroatoms. The van der Waals surface area contributed by atoms with E-state index in [-0.39, 0.29) is 11.9 Å². The van der Waals surface area contributed by atoms with Crippen LogP contribution in [0.5, 0.6) is 5.75 Å². The van der Waals surface area contributed by atoms with Crippen molar-refractivity contribution in [2.45, 2.75) is 19.4 Å². The van der Waals surface area contributed by atoms with E-state index in [9.17, 15) is 4.39 Å². The molecule has 1 aliphatic heterocycles. The molecule has 3 heterocycles. The number of aromatic nitrogens is 4. The van der Waals surface area contributed by atoms with Gasteiger partial charge in [-0.3, -0.25) is 9.55 Å². The van der Waals surface area contributed by atoms with Gasteiger partial charge in [0.15, 0.2) is 17.4 Å². The number of benzene rings is 1. The third-order valence-electron chi connectivity index (χ3n) is 4.04. The number of nitrogens with one attached hydrogen (secondary N) is 1. The summed E-state index contributed by atoms with van der Waals surface area (Å²) in [5.74, 6) is 2.12. The average molecular weight is 325 g/mol. The van der Waals surface area contributed by atoms with E-state index >= 15 is 0 Å². The quantitative estimate of drug-likeness (QED) is 0.802. The van der Waals surface area contributed by atoms with Crippen LogP contribution in [-0.4, -0.2) is 26.1 Å². The van der Waals surface area contributed by atoms with Gasteiger partial charge in [-0.25, -0.2) is 14.4 Å². The number of fused-ring (bicyclic) bond motifs is 1. The summed E-state index contributed by atoms with van der Waals surface area (Å²) in [6.07, 6.45) is 7.62. The van der Waals surface area contributed by atoms with Crippen LogP contribution in [0.4, 0.5) is 10.2 Å². The highest BCUT2D eigenvalue weighted by Gasteiger charge is 2.24. The Morgan fingerprint density at radius 3 is 3.08 bits per heavy atom. The van der Waals surface area contributed by atoms with Gasteiger partial charge in [-0.1, -0.05) is 12.1 Å². The molecule has 1 aliphatic rings. The Kier molecular flexibility index (Phi) is 3.60. The molecule has 4 rings (SSSR count). The van der Waals surface area contributed by atoms with E-state index < -0.39 is 0 Å². The molecule has 24 heavy (non-hydrogen) atoms. The summed E-state index contributed by atoms with van der Waals surface area (Å²) in [6.45, 7) is 2.36. The fourth-order valence-corrected chi connectivity index (χ4v) is 2.88. The Balaban J connectivity index is 1.64. The second-order valence-electron chi connectivity index (χ2n) is 5.60. The minimum absolute atomic E-state index is 0.0714. The largest absolute Gasteiger partial charge is 0.490 e. The lowest BCUT2D eigenvalue weighted by Crippen LogP contribution is -2.21. The monoisotopic (exact) mass is 325 g/mol. The zero-order chi connectivity index (χ0) is 16.5. The molecule has 0 fully saturated rings. The van der Waals surface area contributed by atoms with Gasteiger partial charge in [0.2, 0.25) is 0 Å². The SMILES string of the molecule is Cc1nccn1-c1cncc(N[C@H]2CCOc3c(F)cccc32)n1. The first-order valence-corrected chi connectivity index (χ1v) is 7.72. The minimum atomic E-state index is -0.340. The molecule has 0 saturated heterocycles. The lowest BCUT2D eigenvalue weighted by molar-refractivity contribution is 0.260. The van der Waals surface area contributed by atoms with Crippen LogP contribution >= 0.6 is 0 Å². The molecule has 1 atom stereocenters. The highest BCUT2D eigenvalue weighted by molar-refractivity contribution is 5.45. The number of imidazole rings is 1. The predicted molar refractivity (Wildman–Crippen MR) is 86.8 cm³/mol. The van der Waals surface area contributed by atoms with Gasteiger partial charge in [-0.05, 0) is 13.0 Å². The molecule has 0 amide bonds. The maximum Gasteiger partial charge on any atom is 0.165 e. The van der Waals surface area contributed by atoms with E-state index in [4.69, 9.17) is 4.74 Å². The van der Waals surface area contributed by atoms with Gasteiger partial charge in [0.05, 0.1) is 25.0 Å². The standard InChI is InChI=1S/C17H16FN5O/c1-11-20-6-7-23(11)16-10-19-9-15(22-16)21-14-5-8-24-17-12(14)3-2-4-13(17)18/h2-4,6-7,9-10,14H,5,8H2,1H3,(H,21,22)/t14-/m0/s1. The third kappa shape index (κ3) is 2.58. The maximum atomic E-state index is 13.9. The van der Waals surface area contributed by atoms with Crippen LogP contribution in [0.2, 0.25) is 0 Å². The molecule has 3 aromatic rings. The van der Waals surface area contributed by atoms with E-state index in [0.717, 1.165) is 17.8 Å². The normalized spacial score (nSPS) is 16.3. The van der Waals surface area contributed by atoms with Gasteiger partial charge in [0, 0.05) is 24.4 Å². The van der Waals surface area contributed by atoms with Crippen molar-refractivity contribution >= 4 is 5.82 Å². The fraction of sp³-hybridized carbons (Fsp3) is 0.235. The van der Waals surface area contributed by atoms with Crippen molar-refractivity contribution in [1.29, 1.82) is 0 Å². The van der Waals surface area contributed by atoms with Gasteiger partial charge in [-0.2, -0.15) is 0 Å². The number of hydrogen-bond donors (Lipinski definition) is 1. The second kappa shape index (κ2) is 5.92. The number of halogens is 1. The number of ether oxygens (including phenoxy) is 1. The number of rotatable bonds is 3. The van der Waals surface area contributed by atoms with Gasteiger partial charge < -0.3 is 10.1 Å². The summed E-state index contributed by atoms with van der Waals surface area (Å²) in [4.78, 5) is 13.0. The molecule has 1 aromatic carbocycles. The van der Waals surface area contributed by atoms with E-state index in [0.29, 0.717) is 24.0 Å². The van der Waals surface area contributed by atoms with Crippen LogP contribution in [0.15, 0.2) is 43.0 Å². The van der Waals surface area contributed by atoms with Crippen molar-refractivity contribution in [3.8, 4) is 11.6 Å². The molecule has 0 spiro atoms. The number of nitrogens with zero attached hydrogens (tertiary/aromatic N) is 4. The number of para-hydroxylation sites is 1. The lowest BCUT2D eigenvalue weighted by Gasteiger charge is -2.27. The molecule has 122 valence electrons. The Morgan fingerprint density at radius 2 is 2.25 bits per heavy atom. The second-order valence-corrected chi connectivity index (χ2v) is 5.60. The number of hydrogen-bond acceptors (Lipinski definition) is 5. The van der Waals surface area contributed by atoms with Crippen molar-refractivity contribution in [3.63, 3.8) is 0 Å². The maximum absolute atomic E-state index is 13.9. The predicted octanol–water partition coefficient (Wildman–Crippen LogP) is 3.05. The summed E-state index contributed by atoms with van der Waals surface area (Å²) >= 11 is 0. The number of anilines is 1. The molecule has 0 aliphatic carbocycles. The first-order chi connectivity index (χ1) is 11.7. The molecule has 6 nitrogen and oxygen atoms in total. The van der Waals surface area contributed by atoms with E-state index in [1.807, 2.05) is 23.8 Å². The summed E-state index contributed by atoms with van der Waals surface area (Å²) < 4.78 is 21.2. The first kappa shape index (κ1) is 14.6. The molecule has 2 aromatic heterocycles. The van der Waals surface area contributed by atoms with Crippen molar-refractivity contribution in [2.24, 2.45) is 0 Å². The average Bonchev–Trinajstić information content (AvgIpc) is 3.02. The van der Waals surface area contributed by atoms with Crippen LogP contribution in [0.25, 0.3) is 5.82 Å². The Bertz CT molecular complexity index is 879. The molecule has 0 radical (unpaired) electrons. The van der Waals surface area contributed by atoms with E-state index in [1.165, 1.54) is 6.07 Å². The lowest BCUT2D eigenvalue weighted by atomic mass is 10.0. The van der Waals surface area contributed by atoms with Crippen LogP contribution in [0.3, 0.4) is 0 Å². The summed E-state index contributed by atoms with van der Waals surface area (Å²) in [5, 5.41) is 3.33. The van der Waals surface area contributed by atoms with Crippen molar-refractivity contribution in [3.05, 3.63) is 60.2 Å². The molecule has 0 saturated carbocycles. The van der Waals surface area contributed by atoms with E-state index in [2.05, 4.69) is 20.3 Å². The van der Waals surface area contributed by atoms with Crippen LogP contribution in [0.1, 0.15) is 23.9 Å². The highest BCUT2D eigenvalue weighted by atomic mass is 19.1. The third-order valence-corrected chi connectivity index (χ3v) is 4.04. The molecule has 0 unspecified atom stereocenters. The minimum Gasteiger partial charge on any atom is -0.490 e. The van der Waals surface area contributed by atoms with Crippen LogP contribution < -0.4 is 10.1 Å². The Morgan fingerprint density at radius 1 is 1.33 bits per heavy atom. The van der Waals surface area contributed by atoms with Gasteiger partial charge in [0.25, 0.3) is 0 Å². The summed E-state index contributed by atoms with van der Waals surface area (Å²) in [5.41, 5.74) is 0.798. The highest BCUT2D eigenvalue weighted by Crippen LogP contribution is 2.35. The topological polar surface area (TPSA) is 64.9 Å². The fourth-order valence-electron chi connectivity index (χ4n) is 2.88. The first-order valence-electron chi connectivity index (χ1n) is 7.72. The van der Waals surface area contributed by atoms with Crippen molar-refractivity contribution < 1.29 is 9.13 Å². The molecular formula is C17H16FN5O. The van der Waals surface area contributed by atoms with Crippen LogP contribution in [0, 0.1) is 12.7 Å². The van der Waals surface area contributed by atoms with Gasteiger partial charge in [0.1, 0.15) is 11.6 Å². The van der Waals surface area contributed by atoms with Gasteiger partial charge in [-0.15, -0.1) is 0 Å². The van der Waals surface area contributed by atoms with Crippen LogP contribution in [-0.2, 0) is 0 Å². The zero-order valence-corrected chi connectivity index (χ0v) is 13.1. The smallest absolute Gasteiger partial charge is 0.165 e. The van der Waals surface area contributed by atoms with Gasteiger partial charge >= 0.3 is 0 Å². The Hall–Kier alpha value is -2.96. The zero-order valence-electron chi connectivity index (χ0n) is 13.1. The molecule has 1 N–H and O–H groups in total. The molecular weight excluding hydrogens is 309 g/mol. The number of aryl methyl sites for hydroxylation is 1. The summed E-state index contributed by atoms with van der Waals surface area (Å²) in [7, 11) is 0. The van der Waals surface area contributed by atoms with Crippen molar-refractivity contribution in [1.82, 2.24) is 19.5 Å². The van der Waals surface area contributed by atoms with Crippen molar-refractivity contribution in [2.75, 3.05) is 11.9 Å². The van der Waals surface area contributed by atoms with E-state index in [1.54, 1.807) is 24.7 Å². The summed E-state index contributed by atoms with van der Waals surface area (Å²) in [6, 6.07) is 4.89. The molecule has 0 bridgehead atoms. The Labute approximate surface area is 138 Å².